The third-order valence-electron chi connectivity index (χ3n) is 5.27. The Morgan fingerprint density at radius 1 is 1.07 bits per heavy atom. The fourth-order valence-electron chi connectivity index (χ4n) is 3.82. The van der Waals surface area contributed by atoms with E-state index in [1.54, 1.807) is 12.4 Å². The van der Waals surface area contributed by atoms with Gasteiger partial charge in [-0.25, -0.2) is 15.0 Å². The molecule has 0 bridgehead atoms. The van der Waals surface area contributed by atoms with Crippen molar-refractivity contribution in [2.75, 3.05) is 13.1 Å². The van der Waals surface area contributed by atoms with E-state index in [-0.39, 0.29) is 11.9 Å². The number of hydrogen-bond donors (Lipinski definition) is 1. The Labute approximate surface area is 178 Å². The van der Waals surface area contributed by atoms with Crippen LogP contribution in [0.5, 0.6) is 0 Å². The number of aromatic nitrogens is 3. The first-order valence-corrected chi connectivity index (χ1v) is 10.8. The molecule has 2 aromatic carbocycles. The zero-order valence-electron chi connectivity index (χ0n) is 16.4. The number of amides is 1. The molecule has 1 saturated heterocycles. The van der Waals surface area contributed by atoms with Gasteiger partial charge in [0.15, 0.2) is 5.69 Å². The average Bonchev–Trinajstić information content (AvgIpc) is 3.41. The molecular formula is C23H21N5OS. The number of carbonyl (C=O) groups is 1. The largest absolute Gasteiger partial charge is 0.347 e. The molecule has 0 radical (unpaired) electrons. The van der Waals surface area contributed by atoms with Crippen molar-refractivity contribution in [1.29, 1.82) is 0 Å². The summed E-state index contributed by atoms with van der Waals surface area (Å²) in [7, 11) is 0. The van der Waals surface area contributed by atoms with Crippen molar-refractivity contribution in [2.24, 2.45) is 0 Å². The van der Waals surface area contributed by atoms with E-state index in [0.29, 0.717) is 16.4 Å². The third kappa shape index (κ3) is 3.94. The zero-order valence-corrected chi connectivity index (χ0v) is 17.2. The Hall–Kier alpha value is -3.16. The Morgan fingerprint density at radius 3 is 2.73 bits per heavy atom. The van der Waals surface area contributed by atoms with Crippen LogP contribution in [0.1, 0.15) is 22.5 Å². The lowest BCUT2D eigenvalue weighted by Crippen LogP contribution is -2.37. The molecule has 7 heteroatoms. The van der Waals surface area contributed by atoms with Crippen LogP contribution in [0.2, 0.25) is 0 Å². The highest BCUT2D eigenvalue weighted by molar-refractivity contribution is 7.21. The van der Waals surface area contributed by atoms with Gasteiger partial charge in [0.25, 0.3) is 5.91 Å². The molecule has 4 aromatic rings. The minimum Gasteiger partial charge on any atom is -0.347 e. The van der Waals surface area contributed by atoms with Crippen LogP contribution < -0.4 is 5.32 Å². The van der Waals surface area contributed by atoms with Gasteiger partial charge >= 0.3 is 0 Å². The number of nitrogens with zero attached hydrogens (tertiary/aromatic N) is 4. The highest BCUT2D eigenvalue weighted by atomic mass is 32.1. The van der Waals surface area contributed by atoms with E-state index < -0.39 is 0 Å². The quantitative estimate of drug-likeness (QED) is 0.537. The first-order valence-electron chi connectivity index (χ1n) is 10.0. The van der Waals surface area contributed by atoms with Crippen LogP contribution >= 0.6 is 11.3 Å². The van der Waals surface area contributed by atoms with Gasteiger partial charge < -0.3 is 5.32 Å². The molecule has 0 unspecified atom stereocenters. The van der Waals surface area contributed by atoms with E-state index in [1.807, 2.05) is 30.3 Å². The highest BCUT2D eigenvalue weighted by Crippen LogP contribution is 2.30. The number of benzene rings is 2. The number of para-hydroxylation sites is 1. The molecule has 0 aliphatic carbocycles. The summed E-state index contributed by atoms with van der Waals surface area (Å²) in [6, 6.07) is 18.4. The minimum atomic E-state index is -0.191. The van der Waals surface area contributed by atoms with E-state index in [2.05, 4.69) is 49.4 Å². The maximum Gasteiger partial charge on any atom is 0.272 e. The minimum absolute atomic E-state index is 0.103. The number of fused-ring (bicyclic) bond motifs is 1. The number of thiazole rings is 1. The number of hydrogen-bond acceptors (Lipinski definition) is 6. The SMILES string of the molecule is O=C(N[C@@H]1CCN(Cc2ccccc2)C1)c1nccnc1-c1nc2ccccc2s1. The molecule has 6 nitrogen and oxygen atoms in total. The number of likely N-dealkylation sites (tertiary alicyclic amines) is 1. The smallest absolute Gasteiger partial charge is 0.272 e. The second kappa shape index (κ2) is 8.30. The van der Waals surface area contributed by atoms with Gasteiger partial charge in [0, 0.05) is 38.1 Å². The van der Waals surface area contributed by atoms with Crippen LogP contribution in [0.4, 0.5) is 0 Å². The van der Waals surface area contributed by atoms with E-state index >= 15 is 0 Å². The van der Waals surface area contributed by atoms with Crippen molar-refractivity contribution >= 4 is 27.5 Å². The predicted octanol–water partition coefficient (Wildman–Crippen LogP) is 3.76. The van der Waals surface area contributed by atoms with Gasteiger partial charge in [-0.1, -0.05) is 42.5 Å². The monoisotopic (exact) mass is 415 g/mol. The number of rotatable bonds is 5. The normalized spacial score (nSPS) is 16.7. The second-order valence-electron chi connectivity index (χ2n) is 7.42. The summed E-state index contributed by atoms with van der Waals surface area (Å²) >= 11 is 1.52. The number of carbonyl (C=O) groups excluding carboxylic acids is 1. The third-order valence-corrected chi connectivity index (χ3v) is 6.31. The van der Waals surface area contributed by atoms with Gasteiger partial charge in [0.2, 0.25) is 0 Å². The van der Waals surface area contributed by atoms with Gasteiger partial charge in [-0.05, 0) is 24.1 Å². The lowest BCUT2D eigenvalue weighted by atomic mass is 10.2. The summed E-state index contributed by atoms with van der Waals surface area (Å²) in [5, 5.41) is 3.86. The second-order valence-corrected chi connectivity index (χ2v) is 8.45. The maximum atomic E-state index is 13.0. The van der Waals surface area contributed by atoms with Gasteiger partial charge in [0.1, 0.15) is 10.7 Å². The predicted molar refractivity (Wildman–Crippen MR) is 118 cm³/mol. The van der Waals surface area contributed by atoms with Crippen molar-refractivity contribution in [3.63, 3.8) is 0 Å². The van der Waals surface area contributed by atoms with E-state index in [4.69, 9.17) is 0 Å². The van der Waals surface area contributed by atoms with Crippen LogP contribution in [0.3, 0.4) is 0 Å². The molecular weight excluding hydrogens is 394 g/mol. The number of nitrogens with one attached hydrogen (secondary N) is 1. The summed E-state index contributed by atoms with van der Waals surface area (Å²) in [4.78, 5) is 28.8. The zero-order chi connectivity index (χ0) is 20.3. The average molecular weight is 416 g/mol. The molecule has 2 aromatic heterocycles. The topological polar surface area (TPSA) is 71.0 Å². The summed E-state index contributed by atoms with van der Waals surface area (Å²) in [6.45, 7) is 2.69. The van der Waals surface area contributed by atoms with Crippen molar-refractivity contribution in [1.82, 2.24) is 25.2 Å². The molecule has 1 aliphatic rings. The van der Waals surface area contributed by atoms with Crippen molar-refractivity contribution < 1.29 is 4.79 Å². The summed E-state index contributed by atoms with van der Waals surface area (Å²) in [5.74, 6) is -0.191. The molecule has 1 fully saturated rings. The van der Waals surface area contributed by atoms with Gasteiger partial charge in [-0.15, -0.1) is 11.3 Å². The Bertz CT molecular complexity index is 1140. The van der Waals surface area contributed by atoms with Crippen LogP contribution in [0.15, 0.2) is 67.0 Å². The lowest BCUT2D eigenvalue weighted by molar-refractivity contribution is 0.0933. The van der Waals surface area contributed by atoms with Crippen molar-refractivity contribution in [3.8, 4) is 10.7 Å². The van der Waals surface area contributed by atoms with E-state index in [1.165, 1.54) is 16.9 Å². The standard InChI is InChI=1S/C23H21N5OS/c29-22(26-17-10-13-28(15-17)14-16-6-2-1-3-7-16)20-21(25-12-11-24-20)23-27-18-8-4-5-9-19(18)30-23/h1-9,11-12,17H,10,13-15H2,(H,26,29)/t17-/m1/s1. The Kier molecular flexibility index (Phi) is 5.21. The molecule has 1 amide bonds. The van der Waals surface area contributed by atoms with Gasteiger partial charge in [-0.2, -0.15) is 0 Å². The molecule has 3 heterocycles. The summed E-state index contributed by atoms with van der Waals surface area (Å²) in [5.41, 5.74) is 3.06. The Morgan fingerprint density at radius 2 is 1.87 bits per heavy atom. The molecule has 0 saturated carbocycles. The molecule has 30 heavy (non-hydrogen) atoms. The Balaban J connectivity index is 1.30. The molecule has 1 aliphatic heterocycles. The van der Waals surface area contributed by atoms with Crippen molar-refractivity contribution in [3.05, 3.63) is 78.2 Å². The van der Waals surface area contributed by atoms with Crippen LogP contribution in [0.25, 0.3) is 20.9 Å². The van der Waals surface area contributed by atoms with Crippen LogP contribution in [0, 0.1) is 0 Å². The fourth-order valence-corrected chi connectivity index (χ4v) is 4.79. The molecule has 150 valence electrons. The summed E-state index contributed by atoms with van der Waals surface area (Å²) in [6.07, 6.45) is 4.09. The molecule has 1 atom stereocenters. The first-order chi connectivity index (χ1) is 14.8. The van der Waals surface area contributed by atoms with E-state index in [9.17, 15) is 4.79 Å². The molecule has 0 spiro atoms. The molecule has 5 rings (SSSR count). The molecule has 1 N–H and O–H groups in total. The summed E-state index contributed by atoms with van der Waals surface area (Å²) < 4.78 is 1.07. The fraction of sp³-hybridized carbons (Fsp3) is 0.217. The van der Waals surface area contributed by atoms with Gasteiger partial charge in [0.05, 0.1) is 10.2 Å². The highest BCUT2D eigenvalue weighted by Gasteiger charge is 2.26. The van der Waals surface area contributed by atoms with Crippen LogP contribution in [-0.2, 0) is 6.54 Å². The first kappa shape index (κ1) is 18.8. The maximum absolute atomic E-state index is 13.0. The lowest BCUT2D eigenvalue weighted by Gasteiger charge is -2.17. The van der Waals surface area contributed by atoms with Crippen LogP contribution in [-0.4, -0.2) is 44.9 Å². The van der Waals surface area contributed by atoms with E-state index in [0.717, 1.165) is 36.3 Å². The van der Waals surface area contributed by atoms with Gasteiger partial charge in [-0.3, -0.25) is 9.69 Å². The van der Waals surface area contributed by atoms with Crippen molar-refractivity contribution in [2.45, 2.75) is 19.0 Å².